The minimum absolute atomic E-state index is 0. The third-order valence-electron chi connectivity index (χ3n) is 0.699. The molecule has 0 rings (SSSR count). The maximum absolute atomic E-state index is 9.45. The molecule has 0 aliphatic rings. The smallest absolute Gasteiger partial charge is 0.870 e. The zero-order valence-corrected chi connectivity index (χ0v) is 15.4. The van der Waals surface area contributed by atoms with Gasteiger partial charge in [-0.2, -0.15) is 0 Å². The van der Waals surface area contributed by atoms with E-state index >= 15 is 0 Å². The molecule has 0 heterocycles. The van der Waals surface area contributed by atoms with E-state index in [1.807, 2.05) is 0 Å². The van der Waals surface area contributed by atoms with Gasteiger partial charge in [0, 0.05) is 0 Å². The minimum atomic E-state index is -1.44. The van der Waals surface area contributed by atoms with Crippen LogP contribution >= 0.6 is 0 Å². The first-order chi connectivity index (χ1) is 5.29. The molecule has 0 amide bonds. The molecule has 0 bridgehead atoms. The van der Waals surface area contributed by atoms with E-state index in [0.717, 1.165) is 6.92 Å². The van der Waals surface area contributed by atoms with E-state index in [1.54, 1.807) is 0 Å². The van der Waals surface area contributed by atoms with Crippen molar-refractivity contribution >= 4 is 11.9 Å². The summed E-state index contributed by atoms with van der Waals surface area (Å²) in [5.74, 6) is -2.62. The predicted molar refractivity (Wildman–Crippen MR) is 37.9 cm³/mol. The molecule has 0 aromatic rings. The molecule has 80 valence electrons. The van der Waals surface area contributed by atoms with Crippen molar-refractivity contribution in [2.24, 2.45) is 0 Å². The molecule has 4 N–H and O–H groups in total. The van der Waals surface area contributed by atoms with Gasteiger partial charge in [0.15, 0.2) is 0 Å². The molecule has 0 radical (unpaired) electrons. The fourth-order valence-corrected chi connectivity index (χ4v) is 0. The second kappa shape index (κ2) is 18.5. The van der Waals surface area contributed by atoms with Gasteiger partial charge in [-0.05, 0) is 13.8 Å². The number of aliphatic hydroxyl groups is 2. The van der Waals surface area contributed by atoms with Crippen molar-refractivity contribution < 1.29 is 138 Å². The van der Waals surface area contributed by atoms with Crippen molar-refractivity contribution in [3.8, 4) is 0 Å². The molecular weight excluding hydrogens is 262 g/mol. The molecule has 0 aromatic heterocycles. The minimum Gasteiger partial charge on any atom is -0.870 e. The van der Waals surface area contributed by atoms with Crippen molar-refractivity contribution in [3.05, 3.63) is 0 Å². The van der Waals surface area contributed by atoms with Crippen LogP contribution in [0.3, 0.4) is 0 Å². The Morgan fingerprint density at radius 1 is 1.07 bits per heavy atom. The molecule has 0 saturated carbocycles. The molecule has 9 heteroatoms. The third-order valence-corrected chi connectivity index (χ3v) is 0.699. The number of hydrogen-bond donors (Lipinski definition) is 3. The monoisotopic (exact) mass is 274 g/mol. The standard InChI is InChI=1S/2C3H6O3.2K.H2O/c2*1-2(4)3(5)6;;;/h2*2,4H,1H3,(H,5,6);;;1H2/q;;2*+1;/p-2. The fraction of sp³-hybridized carbons (Fsp3) is 0.667. The number of carbonyl (C=O) groups excluding carboxylic acids is 1. The second-order valence-electron chi connectivity index (χ2n) is 2.01. The summed E-state index contributed by atoms with van der Waals surface area (Å²) < 4.78 is 0. The van der Waals surface area contributed by atoms with E-state index in [0.29, 0.717) is 0 Å². The number of carbonyl (C=O) groups is 2. The summed E-state index contributed by atoms with van der Waals surface area (Å²) >= 11 is 0. The molecule has 0 saturated heterocycles. The van der Waals surface area contributed by atoms with Crippen LogP contribution in [0.1, 0.15) is 13.8 Å². The summed E-state index contributed by atoms with van der Waals surface area (Å²) in [4.78, 5) is 18.8. The van der Waals surface area contributed by atoms with Crippen molar-refractivity contribution in [2.75, 3.05) is 0 Å². The Balaban J connectivity index is -0.0000000370. The van der Waals surface area contributed by atoms with E-state index in [9.17, 15) is 14.7 Å². The van der Waals surface area contributed by atoms with Gasteiger partial charge in [-0.25, -0.2) is 4.79 Å². The van der Waals surface area contributed by atoms with E-state index in [-0.39, 0.29) is 108 Å². The fourth-order valence-electron chi connectivity index (χ4n) is 0. The van der Waals surface area contributed by atoms with Gasteiger partial charge < -0.3 is 30.7 Å². The van der Waals surface area contributed by atoms with Gasteiger partial charge in [-0.15, -0.1) is 0 Å². The van der Waals surface area contributed by atoms with E-state index in [2.05, 4.69) is 0 Å². The second-order valence-corrected chi connectivity index (χ2v) is 2.01. The quantitative estimate of drug-likeness (QED) is 0.423. The van der Waals surface area contributed by atoms with Gasteiger partial charge in [-0.3, -0.25) is 0 Å². The first-order valence-corrected chi connectivity index (χ1v) is 3.08. The number of aliphatic carboxylic acids is 2. The Hall–Kier alpha value is 2.09. The molecule has 0 fully saturated rings. The number of aliphatic hydroxyl groups excluding tert-OH is 2. The Bertz CT molecular complexity index is 142. The van der Waals surface area contributed by atoms with Crippen molar-refractivity contribution in [3.63, 3.8) is 0 Å². The molecule has 0 aliphatic heterocycles. The summed E-state index contributed by atoms with van der Waals surface area (Å²) in [6.07, 6.45) is -2.57. The first kappa shape index (κ1) is 30.3. The Kier molecular flexibility index (Phi) is 37.2. The average Bonchev–Trinajstić information content (AvgIpc) is 1.88. The summed E-state index contributed by atoms with van der Waals surface area (Å²) in [5, 5.41) is 33.1. The molecule has 0 aliphatic carbocycles. The van der Waals surface area contributed by atoms with Gasteiger partial charge in [-0.1, -0.05) is 0 Å². The topological polar surface area (TPSA) is 148 Å². The third kappa shape index (κ3) is 31.4. The molecule has 2 unspecified atom stereocenters. The van der Waals surface area contributed by atoms with Crippen molar-refractivity contribution in [1.82, 2.24) is 0 Å². The molecule has 0 aromatic carbocycles. The normalized spacial score (nSPS) is 10.9. The van der Waals surface area contributed by atoms with Crippen LogP contribution in [0, 0.1) is 0 Å². The molecule has 7 nitrogen and oxygen atoms in total. The van der Waals surface area contributed by atoms with Gasteiger partial charge in [0.1, 0.15) is 6.10 Å². The molecule has 15 heavy (non-hydrogen) atoms. The zero-order chi connectivity index (χ0) is 10.3. The first-order valence-electron chi connectivity index (χ1n) is 3.08. The maximum atomic E-state index is 9.45. The Labute approximate surface area is 172 Å². The van der Waals surface area contributed by atoms with Gasteiger partial charge >= 0.3 is 109 Å². The Morgan fingerprint density at radius 2 is 1.20 bits per heavy atom. The van der Waals surface area contributed by atoms with Crippen LogP contribution in [-0.4, -0.2) is 44.9 Å². The maximum Gasteiger partial charge on any atom is 1.00 e. The van der Waals surface area contributed by atoms with Crippen LogP contribution in [0.2, 0.25) is 0 Å². The van der Waals surface area contributed by atoms with Crippen LogP contribution in [0.15, 0.2) is 0 Å². The van der Waals surface area contributed by atoms with E-state index < -0.39 is 24.1 Å². The van der Waals surface area contributed by atoms with Crippen molar-refractivity contribution in [1.29, 1.82) is 0 Å². The Morgan fingerprint density at radius 3 is 1.20 bits per heavy atom. The molecule has 2 atom stereocenters. The summed E-state index contributed by atoms with van der Waals surface area (Å²) in [6, 6.07) is 0. The number of rotatable bonds is 2. The van der Waals surface area contributed by atoms with Gasteiger partial charge in [0.2, 0.25) is 0 Å². The van der Waals surface area contributed by atoms with Crippen LogP contribution in [0.4, 0.5) is 0 Å². The largest absolute Gasteiger partial charge is 1.00 e. The summed E-state index contributed by atoms with van der Waals surface area (Å²) in [5.41, 5.74) is 0. The van der Waals surface area contributed by atoms with Crippen molar-refractivity contribution in [2.45, 2.75) is 26.1 Å². The molecular formula is C6H12K2O7. The van der Waals surface area contributed by atoms with Crippen LogP contribution < -0.4 is 108 Å². The van der Waals surface area contributed by atoms with Crippen LogP contribution in [0.25, 0.3) is 0 Å². The van der Waals surface area contributed by atoms with E-state index in [4.69, 9.17) is 15.3 Å². The SMILES string of the molecule is CC(O)C(=O)O.CC(O)C(=O)[O-].[K+].[K+].[OH-]. The summed E-state index contributed by atoms with van der Waals surface area (Å²) in [6.45, 7) is 2.33. The average molecular weight is 274 g/mol. The number of carboxylic acid groups (broad SMARTS) is 2. The number of hydrogen-bond acceptors (Lipinski definition) is 6. The zero-order valence-electron chi connectivity index (χ0n) is 9.17. The summed E-state index contributed by atoms with van der Waals surface area (Å²) in [7, 11) is 0. The molecule has 0 spiro atoms. The predicted octanol–water partition coefficient (Wildman–Crippen LogP) is -8.60. The van der Waals surface area contributed by atoms with Crippen LogP contribution in [-0.2, 0) is 9.59 Å². The van der Waals surface area contributed by atoms with E-state index in [1.165, 1.54) is 6.92 Å². The van der Waals surface area contributed by atoms with Crippen LogP contribution in [0.5, 0.6) is 0 Å². The number of carboxylic acids is 2. The van der Waals surface area contributed by atoms with Gasteiger partial charge in [0.25, 0.3) is 0 Å². The van der Waals surface area contributed by atoms with Gasteiger partial charge in [0.05, 0.1) is 12.1 Å².